The molecule has 0 aliphatic carbocycles. The summed E-state index contributed by atoms with van der Waals surface area (Å²) < 4.78 is 0. The highest BCUT2D eigenvalue weighted by Crippen LogP contribution is 2.35. The van der Waals surface area contributed by atoms with Crippen LogP contribution in [-0.2, 0) is 0 Å². The van der Waals surface area contributed by atoms with E-state index in [1.165, 1.54) is 11.1 Å². The standard InChI is InChI=1S/C15H19N3S/c1-10-5-4-6-13(7-10)14(12(3)16)19-15-17-8-11(2)9-18-15/h4-9,12,14H,16H2,1-3H3. The number of hydrogen-bond donors (Lipinski definition) is 1. The first kappa shape index (κ1) is 14.0. The van der Waals surface area contributed by atoms with Crippen LogP contribution >= 0.6 is 11.8 Å². The third-order valence-corrected chi connectivity index (χ3v) is 4.21. The first-order valence-electron chi connectivity index (χ1n) is 6.33. The van der Waals surface area contributed by atoms with Crippen molar-refractivity contribution in [3.05, 3.63) is 53.3 Å². The molecule has 4 heteroatoms. The van der Waals surface area contributed by atoms with E-state index in [4.69, 9.17) is 5.73 Å². The van der Waals surface area contributed by atoms with E-state index in [1.54, 1.807) is 11.8 Å². The van der Waals surface area contributed by atoms with Crippen LogP contribution in [0.1, 0.15) is 28.9 Å². The van der Waals surface area contributed by atoms with Gasteiger partial charge in [0.25, 0.3) is 0 Å². The summed E-state index contributed by atoms with van der Waals surface area (Å²) in [5.74, 6) is 0. The molecule has 2 atom stereocenters. The molecule has 3 nitrogen and oxygen atoms in total. The van der Waals surface area contributed by atoms with Crippen molar-refractivity contribution in [2.75, 3.05) is 0 Å². The fourth-order valence-electron chi connectivity index (χ4n) is 1.88. The molecule has 0 spiro atoms. The number of rotatable bonds is 4. The van der Waals surface area contributed by atoms with Crippen molar-refractivity contribution in [3.8, 4) is 0 Å². The van der Waals surface area contributed by atoms with E-state index in [0.717, 1.165) is 10.7 Å². The van der Waals surface area contributed by atoms with Gasteiger partial charge < -0.3 is 5.73 Å². The third-order valence-electron chi connectivity index (χ3n) is 2.84. The fourth-order valence-corrected chi connectivity index (χ4v) is 2.83. The van der Waals surface area contributed by atoms with Crippen molar-refractivity contribution in [1.82, 2.24) is 9.97 Å². The molecule has 2 unspecified atom stereocenters. The molecule has 0 aliphatic rings. The van der Waals surface area contributed by atoms with Crippen LogP contribution in [0.4, 0.5) is 0 Å². The lowest BCUT2D eigenvalue weighted by Gasteiger charge is -2.20. The maximum absolute atomic E-state index is 6.12. The lowest BCUT2D eigenvalue weighted by atomic mass is 10.0. The molecule has 2 aromatic rings. The zero-order chi connectivity index (χ0) is 13.8. The minimum absolute atomic E-state index is 0.0386. The van der Waals surface area contributed by atoms with Crippen molar-refractivity contribution in [2.45, 2.75) is 37.2 Å². The molecule has 100 valence electrons. The quantitative estimate of drug-likeness (QED) is 0.686. The van der Waals surface area contributed by atoms with Crippen LogP contribution in [0.25, 0.3) is 0 Å². The summed E-state index contributed by atoms with van der Waals surface area (Å²) in [6.07, 6.45) is 3.67. The molecule has 0 aliphatic heterocycles. The molecule has 0 amide bonds. The molecule has 2 rings (SSSR count). The van der Waals surface area contributed by atoms with Gasteiger partial charge in [0.1, 0.15) is 0 Å². The summed E-state index contributed by atoms with van der Waals surface area (Å²) >= 11 is 1.62. The van der Waals surface area contributed by atoms with Gasteiger partial charge in [-0.3, -0.25) is 0 Å². The second kappa shape index (κ2) is 6.17. The Morgan fingerprint density at radius 2 is 1.79 bits per heavy atom. The molecule has 19 heavy (non-hydrogen) atoms. The lowest BCUT2D eigenvalue weighted by Crippen LogP contribution is -2.22. The molecular weight excluding hydrogens is 254 g/mol. The van der Waals surface area contributed by atoms with Crippen LogP contribution in [-0.4, -0.2) is 16.0 Å². The lowest BCUT2D eigenvalue weighted by molar-refractivity contribution is 0.717. The predicted octanol–water partition coefficient (Wildman–Crippen LogP) is 3.27. The summed E-state index contributed by atoms with van der Waals surface area (Å²) in [5.41, 5.74) is 9.66. The smallest absolute Gasteiger partial charge is 0.188 e. The van der Waals surface area contributed by atoms with Crippen LogP contribution < -0.4 is 5.73 Å². The molecule has 0 fully saturated rings. The van der Waals surface area contributed by atoms with Crippen molar-refractivity contribution in [2.24, 2.45) is 5.73 Å². The highest BCUT2D eigenvalue weighted by Gasteiger charge is 2.19. The number of nitrogens with zero attached hydrogens (tertiary/aromatic N) is 2. The van der Waals surface area contributed by atoms with Crippen LogP contribution in [0.5, 0.6) is 0 Å². The molecule has 0 saturated carbocycles. The molecule has 0 saturated heterocycles. The van der Waals surface area contributed by atoms with Crippen LogP contribution in [0.15, 0.2) is 41.8 Å². The monoisotopic (exact) mass is 273 g/mol. The fraction of sp³-hybridized carbons (Fsp3) is 0.333. The number of aromatic nitrogens is 2. The number of benzene rings is 1. The van der Waals surface area contributed by atoms with Gasteiger partial charge in [-0.1, -0.05) is 41.6 Å². The molecule has 1 aromatic heterocycles. The predicted molar refractivity (Wildman–Crippen MR) is 80.2 cm³/mol. The van der Waals surface area contributed by atoms with E-state index in [-0.39, 0.29) is 11.3 Å². The molecule has 1 heterocycles. The Hall–Kier alpha value is -1.39. The van der Waals surface area contributed by atoms with Gasteiger partial charge >= 0.3 is 0 Å². The van der Waals surface area contributed by atoms with Gasteiger partial charge in [-0.15, -0.1) is 0 Å². The van der Waals surface area contributed by atoms with Crippen molar-refractivity contribution in [1.29, 1.82) is 0 Å². The normalized spacial score (nSPS) is 14.1. The highest BCUT2D eigenvalue weighted by atomic mass is 32.2. The Kier molecular flexibility index (Phi) is 4.56. The molecule has 0 radical (unpaired) electrons. The average molecular weight is 273 g/mol. The van der Waals surface area contributed by atoms with E-state index in [9.17, 15) is 0 Å². The van der Waals surface area contributed by atoms with E-state index < -0.39 is 0 Å². The Morgan fingerprint density at radius 3 is 2.37 bits per heavy atom. The Labute approximate surface area is 118 Å². The first-order chi connectivity index (χ1) is 9.06. The zero-order valence-corrected chi connectivity index (χ0v) is 12.3. The van der Waals surface area contributed by atoms with Gasteiger partial charge in [0, 0.05) is 18.4 Å². The molecule has 0 bridgehead atoms. The largest absolute Gasteiger partial charge is 0.327 e. The maximum atomic E-state index is 6.12. The molecule has 1 aromatic carbocycles. The summed E-state index contributed by atoms with van der Waals surface area (Å²) in [6.45, 7) is 6.10. The first-order valence-corrected chi connectivity index (χ1v) is 7.21. The maximum Gasteiger partial charge on any atom is 0.188 e. The number of thioether (sulfide) groups is 1. The van der Waals surface area contributed by atoms with Gasteiger partial charge in [0.2, 0.25) is 0 Å². The Morgan fingerprint density at radius 1 is 1.11 bits per heavy atom. The summed E-state index contributed by atoms with van der Waals surface area (Å²) in [6, 6.07) is 8.49. The van der Waals surface area contributed by atoms with Gasteiger partial charge in [-0.2, -0.15) is 0 Å². The van der Waals surface area contributed by atoms with E-state index in [2.05, 4.69) is 41.2 Å². The molecular formula is C15H19N3S. The topological polar surface area (TPSA) is 51.8 Å². The average Bonchev–Trinajstić information content (AvgIpc) is 2.37. The van der Waals surface area contributed by atoms with Crippen molar-refractivity contribution < 1.29 is 0 Å². The summed E-state index contributed by atoms with van der Waals surface area (Å²) in [7, 11) is 0. The summed E-state index contributed by atoms with van der Waals surface area (Å²) in [5, 5.41) is 0.942. The van der Waals surface area contributed by atoms with Gasteiger partial charge in [-0.25, -0.2) is 9.97 Å². The third kappa shape index (κ3) is 3.78. The second-order valence-corrected chi connectivity index (χ2v) is 5.96. The van der Waals surface area contributed by atoms with Gasteiger partial charge in [-0.05, 0) is 31.9 Å². The summed E-state index contributed by atoms with van der Waals surface area (Å²) in [4.78, 5) is 8.69. The number of hydrogen-bond acceptors (Lipinski definition) is 4. The Balaban J connectivity index is 2.23. The van der Waals surface area contributed by atoms with Crippen LogP contribution in [0.2, 0.25) is 0 Å². The van der Waals surface area contributed by atoms with E-state index in [0.29, 0.717) is 0 Å². The van der Waals surface area contributed by atoms with Crippen molar-refractivity contribution in [3.63, 3.8) is 0 Å². The van der Waals surface area contributed by atoms with Gasteiger partial charge in [0.15, 0.2) is 5.16 Å². The number of aryl methyl sites for hydroxylation is 2. The SMILES string of the molecule is Cc1cnc(SC(c2cccc(C)c2)C(C)N)nc1. The van der Waals surface area contributed by atoms with E-state index >= 15 is 0 Å². The second-order valence-electron chi connectivity index (χ2n) is 4.85. The molecule has 2 N–H and O–H groups in total. The van der Waals surface area contributed by atoms with Crippen LogP contribution in [0.3, 0.4) is 0 Å². The minimum Gasteiger partial charge on any atom is -0.327 e. The number of nitrogens with two attached hydrogens (primary N) is 1. The van der Waals surface area contributed by atoms with Gasteiger partial charge in [0.05, 0.1) is 5.25 Å². The highest BCUT2D eigenvalue weighted by molar-refractivity contribution is 7.99. The van der Waals surface area contributed by atoms with Crippen molar-refractivity contribution >= 4 is 11.8 Å². The Bertz CT molecular complexity index is 537. The van der Waals surface area contributed by atoms with Crippen LogP contribution in [0, 0.1) is 13.8 Å². The minimum atomic E-state index is 0.0386. The van der Waals surface area contributed by atoms with E-state index in [1.807, 2.05) is 26.2 Å². The zero-order valence-electron chi connectivity index (χ0n) is 11.5.